The van der Waals surface area contributed by atoms with Gasteiger partial charge >= 0.3 is 11.9 Å². The molecule has 0 aliphatic rings. The third-order valence-corrected chi connectivity index (χ3v) is 2.56. The van der Waals surface area contributed by atoms with Gasteiger partial charge in [-0.1, -0.05) is 36.9 Å². The molecule has 0 amide bonds. The number of rotatable bonds is 7. The summed E-state index contributed by atoms with van der Waals surface area (Å²) in [6.07, 6.45) is 1.17. The van der Waals surface area contributed by atoms with Crippen LogP contribution in [0.2, 0.25) is 0 Å². The van der Waals surface area contributed by atoms with Crippen LogP contribution in [0.3, 0.4) is 0 Å². The fourth-order valence-corrected chi connectivity index (χ4v) is 1.56. The summed E-state index contributed by atoms with van der Waals surface area (Å²) in [7, 11) is 0. The van der Waals surface area contributed by atoms with Crippen LogP contribution in [-0.4, -0.2) is 35.9 Å². The summed E-state index contributed by atoms with van der Waals surface area (Å²) in [5, 5.41) is 10.1. The largest absolute Gasteiger partial charge is 0.460 e. The summed E-state index contributed by atoms with van der Waals surface area (Å²) >= 11 is 0. The second-order valence-electron chi connectivity index (χ2n) is 4.44. The van der Waals surface area contributed by atoms with Crippen LogP contribution >= 0.6 is 0 Å². The highest BCUT2D eigenvalue weighted by Crippen LogP contribution is 2.14. The molecule has 108 valence electrons. The van der Waals surface area contributed by atoms with Crippen LogP contribution in [0.1, 0.15) is 12.5 Å². The predicted octanol–water partition coefficient (Wildman–Crippen LogP) is 1.25. The summed E-state index contributed by atoms with van der Waals surface area (Å²) in [6.45, 7) is 4.45. The van der Waals surface area contributed by atoms with Crippen molar-refractivity contribution in [2.45, 2.75) is 18.9 Å². The zero-order chi connectivity index (χ0) is 15.0. The average molecular weight is 278 g/mol. The molecule has 1 N–H and O–H groups in total. The molecule has 1 rings (SSSR count). The lowest BCUT2D eigenvalue weighted by molar-refractivity contribution is -0.166. The van der Waals surface area contributed by atoms with Gasteiger partial charge in [-0.3, -0.25) is 0 Å². The number of esters is 2. The van der Waals surface area contributed by atoms with Crippen LogP contribution in [0.4, 0.5) is 0 Å². The molecule has 1 unspecified atom stereocenters. The monoisotopic (exact) mass is 278 g/mol. The Morgan fingerprint density at radius 3 is 2.45 bits per heavy atom. The maximum absolute atomic E-state index is 11.8. The minimum atomic E-state index is -1.62. The zero-order valence-electron chi connectivity index (χ0n) is 11.4. The van der Waals surface area contributed by atoms with E-state index in [0.717, 1.165) is 11.6 Å². The molecule has 0 aliphatic carbocycles. The second kappa shape index (κ2) is 7.45. The Morgan fingerprint density at radius 1 is 1.25 bits per heavy atom. The lowest BCUT2D eigenvalue weighted by atomic mass is 9.97. The van der Waals surface area contributed by atoms with Crippen LogP contribution in [0, 0.1) is 0 Å². The normalized spacial score (nSPS) is 13.1. The minimum Gasteiger partial charge on any atom is -0.460 e. The van der Waals surface area contributed by atoms with Gasteiger partial charge in [-0.2, -0.15) is 0 Å². The highest BCUT2D eigenvalue weighted by Gasteiger charge is 2.32. The Morgan fingerprint density at radius 2 is 1.85 bits per heavy atom. The van der Waals surface area contributed by atoms with Gasteiger partial charge in [-0.25, -0.2) is 9.59 Å². The lowest BCUT2D eigenvalue weighted by Crippen LogP contribution is -2.39. The summed E-state index contributed by atoms with van der Waals surface area (Å²) in [5.74, 6) is -1.34. The maximum Gasteiger partial charge on any atom is 0.338 e. The van der Waals surface area contributed by atoms with Crippen LogP contribution in [0.5, 0.6) is 0 Å². The average Bonchev–Trinajstić information content (AvgIpc) is 2.43. The standard InChI is InChI=1S/C15H18O5/c1-3-13(16)19-9-10-20-14(17)15(2,18)11-12-7-5-4-6-8-12/h3-8,18H,1,9-11H2,2H3. The molecule has 1 aromatic rings. The summed E-state index contributed by atoms with van der Waals surface area (Å²) < 4.78 is 9.53. The quantitative estimate of drug-likeness (QED) is 0.462. The van der Waals surface area contributed by atoms with E-state index in [2.05, 4.69) is 11.3 Å². The molecule has 0 radical (unpaired) electrons. The van der Waals surface area contributed by atoms with Crippen LogP contribution in [0.15, 0.2) is 43.0 Å². The van der Waals surface area contributed by atoms with Crippen molar-refractivity contribution in [3.05, 3.63) is 48.6 Å². The SMILES string of the molecule is C=CC(=O)OCCOC(=O)C(C)(O)Cc1ccccc1. The Hall–Kier alpha value is -2.14. The van der Waals surface area contributed by atoms with Gasteiger partial charge in [-0.15, -0.1) is 0 Å². The molecule has 0 saturated heterocycles. The molecule has 0 aromatic heterocycles. The number of hydrogen-bond donors (Lipinski definition) is 1. The van der Waals surface area contributed by atoms with Gasteiger partial charge in [0, 0.05) is 12.5 Å². The highest BCUT2D eigenvalue weighted by molar-refractivity contribution is 5.81. The Bertz CT molecular complexity index is 464. The fourth-order valence-electron chi connectivity index (χ4n) is 1.56. The van der Waals surface area contributed by atoms with Crippen molar-refractivity contribution in [3.8, 4) is 0 Å². The Labute approximate surface area is 117 Å². The fraction of sp³-hybridized carbons (Fsp3) is 0.333. The van der Waals surface area contributed by atoms with Gasteiger partial charge in [0.1, 0.15) is 13.2 Å². The van der Waals surface area contributed by atoms with Crippen molar-refractivity contribution in [2.24, 2.45) is 0 Å². The first kappa shape index (κ1) is 15.9. The van der Waals surface area contributed by atoms with Gasteiger partial charge in [0.05, 0.1) is 0 Å². The van der Waals surface area contributed by atoms with Crippen LogP contribution in [-0.2, 0) is 25.5 Å². The molecule has 0 saturated carbocycles. The smallest absolute Gasteiger partial charge is 0.338 e. The highest BCUT2D eigenvalue weighted by atomic mass is 16.6. The third kappa shape index (κ3) is 5.24. The van der Waals surface area contributed by atoms with Crippen molar-refractivity contribution in [1.29, 1.82) is 0 Å². The molecule has 5 nitrogen and oxygen atoms in total. The minimum absolute atomic E-state index is 0.0714. The lowest BCUT2D eigenvalue weighted by Gasteiger charge is -2.21. The number of ether oxygens (including phenoxy) is 2. The van der Waals surface area contributed by atoms with Gasteiger partial charge in [0.15, 0.2) is 5.60 Å². The second-order valence-corrected chi connectivity index (χ2v) is 4.44. The number of carbonyl (C=O) groups is 2. The molecule has 0 heterocycles. The molecule has 0 aliphatic heterocycles. The van der Waals surface area contributed by atoms with E-state index in [1.165, 1.54) is 6.92 Å². The van der Waals surface area contributed by atoms with E-state index >= 15 is 0 Å². The topological polar surface area (TPSA) is 72.8 Å². The van der Waals surface area contributed by atoms with Crippen molar-refractivity contribution in [2.75, 3.05) is 13.2 Å². The van der Waals surface area contributed by atoms with E-state index in [9.17, 15) is 14.7 Å². The molecular weight excluding hydrogens is 260 g/mol. The zero-order valence-corrected chi connectivity index (χ0v) is 11.4. The number of benzene rings is 1. The molecule has 0 bridgehead atoms. The van der Waals surface area contributed by atoms with Crippen molar-refractivity contribution in [1.82, 2.24) is 0 Å². The van der Waals surface area contributed by atoms with Gasteiger partial charge in [0.2, 0.25) is 0 Å². The van der Waals surface area contributed by atoms with Gasteiger partial charge < -0.3 is 14.6 Å². The first-order valence-electron chi connectivity index (χ1n) is 6.18. The number of carbonyl (C=O) groups excluding carboxylic acids is 2. The third-order valence-electron chi connectivity index (χ3n) is 2.56. The summed E-state index contributed by atoms with van der Waals surface area (Å²) in [5.41, 5.74) is -0.795. The van der Waals surface area contributed by atoms with E-state index in [-0.39, 0.29) is 19.6 Å². The van der Waals surface area contributed by atoms with Crippen molar-refractivity contribution in [3.63, 3.8) is 0 Å². The van der Waals surface area contributed by atoms with Crippen LogP contribution in [0.25, 0.3) is 0 Å². The summed E-state index contributed by atoms with van der Waals surface area (Å²) in [6, 6.07) is 9.13. The molecule has 1 aromatic carbocycles. The number of hydrogen-bond acceptors (Lipinski definition) is 5. The van der Waals surface area contributed by atoms with Gasteiger partial charge in [0.25, 0.3) is 0 Å². The Kier molecular flexibility index (Phi) is 5.93. The molecule has 0 fully saturated rings. The van der Waals surface area contributed by atoms with E-state index in [1.54, 1.807) is 0 Å². The first-order chi connectivity index (χ1) is 9.45. The Balaban J connectivity index is 2.41. The van der Waals surface area contributed by atoms with E-state index in [4.69, 9.17) is 4.74 Å². The van der Waals surface area contributed by atoms with E-state index in [0.29, 0.717) is 0 Å². The molecule has 5 heteroatoms. The van der Waals surface area contributed by atoms with Crippen LogP contribution < -0.4 is 0 Å². The number of aliphatic hydroxyl groups is 1. The maximum atomic E-state index is 11.8. The van der Waals surface area contributed by atoms with E-state index < -0.39 is 17.5 Å². The summed E-state index contributed by atoms with van der Waals surface area (Å²) in [4.78, 5) is 22.5. The molecule has 20 heavy (non-hydrogen) atoms. The van der Waals surface area contributed by atoms with Gasteiger partial charge in [-0.05, 0) is 12.5 Å². The first-order valence-corrected chi connectivity index (χ1v) is 6.18. The molecular formula is C15H18O5. The molecule has 1 atom stereocenters. The van der Waals surface area contributed by atoms with Crippen molar-refractivity contribution < 1.29 is 24.2 Å². The molecule has 0 spiro atoms. The predicted molar refractivity (Wildman–Crippen MR) is 72.9 cm³/mol. The van der Waals surface area contributed by atoms with E-state index in [1.807, 2.05) is 30.3 Å². The van der Waals surface area contributed by atoms with Crippen molar-refractivity contribution >= 4 is 11.9 Å².